The third-order valence-electron chi connectivity index (χ3n) is 2.91. The van der Waals surface area contributed by atoms with Crippen molar-refractivity contribution in [2.24, 2.45) is 5.92 Å². The molecular weight excluding hydrogens is 140 g/mol. The molecule has 11 heavy (non-hydrogen) atoms. The van der Waals surface area contributed by atoms with Crippen molar-refractivity contribution in [3.8, 4) is 0 Å². The second-order valence-corrected chi connectivity index (χ2v) is 3.75. The molecule has 0 radical (unpaired) electrons. The molecular formula is C9H18O2. The zero-order valence-electron chi connectivity index (χ0n) is 7.21. The molecule has 2 N–H and O–H groups in total. The van der Waals surface area contributed by atoms with Crippen LogP contribution < -0.4 is 0 Å². The molecule has 1 unspecified atom stereocenters. The summed E-state index contributed by atoms with van der Waals surface area (Å²) in [5, 5.41) is 18.9. The average molecular weight is 158 g/mol. The monoisotopic (exact) mass is 158 g/mol. The number of aliphatic hydroxyl groups is 2. The fourth-order valence-electron chi connectivity index (χ4n) is 1.83. The molecule has 1 atom stereocenters. The minimum absolute atomic E-state index is 0.0443. The quantitative estimate of drug-likeness (QED) is 0.636. The molecule has 0 amide bonds. The Morgan fingerprint density at radius 1 is 1.27 bits per heavy atom. The van der Waals surface area contributed by atoms with Crippen molar-refractivity contribution >= 4 is 0 Å². The van der Waals surface area contributed by atoms with Gasteiger partial charge in [-0.1, -0.05) is 26.2 Å². The zero-order valence-corrected chi connectivity index (χ0v) is 7.21. The number of hydrogen-bond acceptors (Lipinski definition) is 2. The summed E-state index contributed by atoms with van der Waals surface area (Å²) in [5.74, 6) is 0.0443. The molecule has 0 heterocycles. The van der Waals surface area contributed by atoms with E-state index in [0.29, 0.717) is 0 Å². The molecule has 0 spiro atoms. The van der Waals surface area contributed by atoms with Crippen molar-refractivity contribution < 1.29 is 10.2 Å². The number of hydrogen-bond donors (Lipinski definition) is 2. The van der Waals surface area contributed by atoms with Crippen LogP contribution in [0.2, 0.25) is 0 Å². The predicted octanol–water partition coefficient (Wildman–Crippen LogP) is 1.31. The SMILES string of the molecule is CC(CO)C1(O)CCCCC1. The molecule has 0 aromatic heterocycles. The van der Waals surface area contributed by atoms with E-state index in [1.54, 1.807) is 0 Å². The average Bonchev–Trinajstić information content (AvgIpc) is 2.04. The van der Waals surface area contributed by atoms with Crippen LogP contribution in [-0.4, -0.2) is 22.4 Å². The molecule has 1 aliphatic carbocycles. The van der Waals surface area contributed by atoms with Crippen molar-refractivity contribution in [1.29, 1.82) is 0 Å². The van der Waals surface area contributed by atoms with Crippen LogP contribution >= 0.6 is 0 Å². The minimum atomic E-state index is -0.562. The van der Waals surface area contributed by atoms with Crippen LogP contribution in [0.1, 0.15) is 39.0 Å². The molecule has 66 valence electrons. The summed E-state index contributed by atoms with van der Waals surface area (Å²) < 4.78 is 0. The Hall–Kier alpha value is -0.0800. The number of aliphatic hydroxyl groups excluding tert-OH is 1. The van der Waals surface area contributed by atoms with Crippen LogP contribution in [0.4, 0.5) is 0 Å². The molecule has 1 saturated carbocycles. The summed E-state index contributed by atoms with van der Waals surface area (Å²) in [7, 11) is 0. The normalized spacial score (nSPS) is 26.5. The third-order valence-corrected chi connectivity index (χ3v) is 2.91. The van der Waals surface area contributed by atoms with Gasteiger partial charge in [0.1, 0.15) is 0 Å². The van der Waals surface area contributed by atoms with Crippen LogP contribution in [0, 0.1) is 5.92 Å². The lowest BCUT2D eigenvalue weighted by Gasteiger charge is -2.36. The summed E-state index contributed by atoms with van der Waals surface area (Å²) in [6.07, 6.45) is 5.20. The van der Waals surface area contributed by atoms with E-state index in [0.717, 1.165) is 25.7 Å². The molecule has 1 aliphatic rings. The van der Waals surface area contributed by atoms with Gasteiger partial charge < -0.3 is 10.2 Å². The van der Waals surface area contributed by atoms with Crippen LogP contribution in [0.5, 0.6) is 0 Å². The zero-order chi connectivity index (χ0) is 8.32. The molecule has 1 rings (SSSR count). The van der Waals surface area contributed by atoms with E-state index < -0.39 is 5.60 Å². The smallest absolute Gasteiger partial charge is 0.0695 e. The first-order valence-corrected chi connectivity index (χ1v) is 4.52. The maximum absolute atomic E-state index is 9.98. The van der Waals surface area contributed by atoms with Crippen LogP contribution in [-0.2, 0) is 0 Å². The van der Waals surface area contributed by atoms with E-state index >= 15 is 0 Å². The summed E-state index contributed by atoms with van der Waals surface area (Å²) in [5.41, 5.74) is -0.562. The van der Waals surface area contributed by atoms with Gasteiger partial charge in [-0.05, 0) is 12.8 Å². The first kappa shape index (κ1) is 9.01. The van der Waals surface area contributed by atoms with Gasteiger partial charge in [-0.3, -0.25) is 0 Å². The lowest BCUT2D eigenvalue weighted by molar-refractivity contribution is -0.0593. The van der Waals surface area contributed by atoms with E-state index in [4.69, 9.17) is 5.11 Å². The van der Waals surface area contributed by atoms with Gasteiger partial charge in [0.15, 0.2) is 0 Å². The van der Waals surface area contributed by atoms with Crippen molar-refractivity contribution in [3.05, 3.63) is 0 Å². The van der Waals surface area contributed by atoms with E-state index in [-0.39, 0.29) is 12.5 Å². The van der Waals surface area contributed by atoms with Crippen LogP contribution in [0.25, 0.3) is 0 Å². The highest BCUT2D eigenvalue weighted by molar-refractivity contribution is 4.86. The highest BCUT2D eigenvalue weighted by Crippen LogP contribution is 2.33. The summed E-state index contributed by atoms with van der Waals surface area (Å²) in [6, 6.07) is 0. The first-order chi connectivity index (χ1) is 5.19. The third kappa shape index (κ3) is 1.94. The topological polar surface area (TPSA) is 40.5 Å². The Morgan fingerprint density at radius 2 is 1.82 bits per heavy atom. The lowest BCUT2D eigenvalue weighted by atomic mass is 9.77. The summed E-state index contributed by atoms with van der Waals surface area (Å²) in [4.78, 5) is 0. The van der Waals surface area contributed by atoms with Crippen molar-refractivity contribution in [2.45, 2.75) is 44.6 Å². The second-order valence-electron chi connectivity index (χ2n) is 3.75. The van der Waals surface area contributed by atoms with E-state index in [1.165, 1.54) is 6.42 Å². The van der Waals surface area contributed by atoms with Gasteiger partial charge in [-0.2, -0.15) is 0 Å². The highest BCUT2D eigenvalue weighted by Gasteiger charge is 2.34. The van der Waals surface area contributed by atoms with Crippen molar-refractivity contribution in [3.63, 3.8) is 0 Å². The van der Waals surface area contributed by atoms with E-state index in [2.05, 4.69) is 0 Å². The fourth-order valence-corrected chi connectivity index (χ4v) is 1.83. The molecule has 0 aromatic carbocycles. The van der Waals surface area contributed by atoms with E-state index in [1.807, 2.05) is 6.92 Å². The molecule has 0 bridgehead atoms. The Labute approximate surface area is 68.2 Å². The van der Waals surface area contributed by atoms with Crippen molar-refractivity contribution in [2.75, 3.05) is 6.61 Å². The van der Waals surface area contributed by atoms with Crippen LogP contribution in [0.3, 0.4) is 0 Å². The highest BCUT2D eigenvalue weighted by atomic mass is 16.3. The predicted molar refractivity (Wildman–Crippen MR) is 44.3 cm³/mol. The first-order valence-electron chi connectivity index (χ1n) is 4.52. The van der Waals surface area contributed by atoms with Gasteiger partial charge in [-0.15, -0.1) is 0 Å². The molecule has 0 saturated heterocycles. The Balaban J connectivity index is 2.49. The molecule has 2 nitrogen and oxygen atoms in total. The molecule has 0 aromatic rings. The second kappa shape index (κ2) is 3.55. The standard InChI is InChI=1S/C9H18O2/c1-8(7-10)9(11)5-3-2-4-6-9/h8,10-11H,2-7H2,1H3. The maximum Gasteiger partial charge on any atom is 0.0695 e. The van der Waals surface area contributed by atoms with Crippen LogP contribution in [0.15, 0.2) is 0 Å². The van der Waals surface area contributed by atoms with Gasteiger partial charge in [0.25, 0.3) is 0 Å². The Morgan fingerprint density at radius 3 is 2.27 bits per heavy atom. The fraction of sp³-hybridized carbons (Fsp3) is 1.00. The Kier molecular flexibility index (Phi) is 2.90. The van der Waals surface area contributed by atoms with Gasteiger partial charge in [0, 0.05) is 12.5 Å². The van der Waals surface area contributed by atoms with Gasteiger partial charge >= 0.3 is 0 Å². The van der Waals surface area contributed by atoms with E-state index in [9.17, 15) is 5.11 Å². The van der Waals surface area contributed by atoms with Gasteiger partial charge in [0.2, 0.25) is 0 Å². The lowest BCUT2D eigenvalue weighted by Crippen LogP contribution is -2.40. The minimum Gasteiger partial charge on any atom is -0.396 e. The molecule has 1 fully saturated rings. The summed E-state index contributed by atoms with van der Waals surface area (Å²) >= 11 is 0. The summed E-state index contributed by atoms with van der Waals surface area (Å²) in [6.45, 7) is 2.03. The maximum atomic E-state index is 9.98. The van der Waals surface area contributed by atoms with Gasteiger partial charge in [-0.25, -0.2) is 0 Å². The van der Waals surface area contributed by atoms with Gasteiger partial charge in [0.05, 0.1) is 5.60 Å². The largest absolute Gasteiger partial charge is 0.396 e. The molecule has 0 aliphatic heterocycles. The Bertz CT molecular complexity index is 117. The molecule has 2 heteroatoms. The number of rotatable bonds is 2. The van der Waals surface area contributed by atoms with Crippen molar-refractivity contribution in [1.82, 2.24) is 0 Å².